The predicted molar refractivity (Wildman–Crippen MR) is 72.5 cm³/mol. The van der Waals surface area contributed by atoms with Crippen molar-refractivity contribution in [2.24, 2.45) is 0 Å². The van der Waals surface area contributed by atoms with Gasteiger partial charge in [-0.3, -0.25) is 4.79 Å². The zero-order valence-electron chi connectivity index (χ0n) is 10.5. The summed E-state index contributed by atoms with van der Waals surface area (Å²) >= 11 is 1.53. The molecule has 0 aliphatic rings. The standard InChI is InChI=1S/C14H15NO2S/c1-3-17-12-6-4-11(5-7-12)13(16)8-14-15-10(2)9-18-14/h4-7,9H,3,8H2,1-2H3. The topological polar surface area (TPSA) is 39.2 Å². The number of benzene rings is 1. The second kappa shape index (κ2) is 5.78. The maximum absolute atomic E-state index is 12.0. The molecule has 0 atom stereocenters. The third-order valence-electron chi connectivity index (χ3n) is 2.47. The summed E-state index contributed by atoms with van der Waals surface area (Å²) in [5.41, 5.74) is 1.67. The van der Waals surface area contributed by atoms with Crippen LogP contribution < -0.4 is 4.74 Å². The highest BCUT2D eigenvalue weighted by Crippen LogP contribution is 2.16. The number of Topliss-reactive ketones (excluding diaryl/α,β-unsaturated/α-hetero) is 1. The van der Waals surface area contributed by atoms with Crippen molar-refractivity contribution < 1.29 is 9.53 Å². The molecule has 3 nitrogen and oxygen atoms in total. The van der Waals surface area contributed by atoms with Gasteiger partial charge in [-0.15, -0.1) is 11.3 Å². The molecule has 18 heavy (non-hydrogen) atoms. The van der Waals surface area contributed by atoms with E-state index in [1.807, 2.05) is 31.4 Å². The Labute approximate surface area is 110 Å². The fourth-order valence-electron chi connectivity index (χ4n) is 1.63. The van der Waals surface area contributed by atoms with E-state index in [9.17, 15) is 4.79 Å². The van der Waals surface area contributed by atoms with Crippen LogP contribution in [0.1, 0.15) is 28.0 Å². The molecule has 0 spiro atoms. The van der Waals surface area contributed by atoms with E-state index in [2.05, 4.69) is 4.98 Å². The number of aryl methyl sites for hydroxylation is 1. The number of hydrogen-bond donors (Lipinski definition) is 0. The molecule has 94 valence electrons. The van der Waals surface area contributed by atoms with Gasteiger partial charge >= 0.3 is 0 Å². The molecular formula is C14H15NO2S. The smallest absolute Gasteiger partial charge is 0.169 e. The van der Waals surface area contributed by atoms with Crippen LogP contribution in [0.3, 0.4) is 0 Å². The number of ether oxygens (including phenoxy) is 1. The summed E-state index contributed by atoms with van der Waals surface area (Å²) in [6, 6.07) is 7.25. The van der Waals surface area contributed by atoms with E-state index in [0.717, 1.165) is 16.5 Å². The lowest BCUT2D eigenvalue weighted by Crippen LogP contribution is -2.03. The predicted octanol–water partition coefficient (Wildman–Crippen LogP) is 3.28. The molecule has 1 aromatic carbocycles. The molecule has 0 amide bonds. The minimum Gasteiger partial charge on any atom is -0.494 e. The largest absolute Gasteiger partial charge is 0.494 e. The summed E-state index contributed by atoms with van der Waals surface area (Å²) < 4.78 is 5.34. The third kappa shape index (κ3) is 3.17. The second-order valence-electron chi connectivity index (χ2n) is 3.94. The van der Waals surface area contributed by atoms with Gasteiger partial charge in [0.05, 0.1) is 13.0 Å². The van der Waals surface area contributed by atoms with Crippen LogP contribution in [0.15, 0.2) is 29.6 Å². The van der Waals surface area contributed by atoms with Gasteiger partial charge in [0.15, 0.2) is 5.78 Å². The van der Waals surface area contributed by atoms with E-state index in [0.29, 0.717) is 18.6 Å². The van der Waals surface area contributed by atoms with Gasteiger partial charge in [0.2, 0.25) is 0 Å². The minimum atomic E-state index is 0.0902. The molecule has 0 saturated heterocycles. The Kier molecular flexibility index (Phi) is 4.10. The van der Waals surface area contributed by atoms with Crippen LogP contribution in [-0.2, 0) is 6.42 Å². The van der Waals surface area contributed by atoms with Gasteiger partial charge in [0, 0.05) is 16.6 Å². The molecule has 0 fully saturated rings. The van der Waals surface area contributed by atoms with Gasteiger partial charge < -0.3 is 4.74 Å². The number of hydrogen-bond acceptors (Lipinski definition) is 4. The quantitative estimate of drug-likeness (QED) is 0.775. The first kappa shape index (κ1) is 12.8. The van der Waals surface area contributed by atoms with Crippen molar-refractivity contribution in [3.63, 3.8) is 0 Å². The first-order valence-corrected chi connectivity index (χ1v) is 6.74. The average molecular weight is 261 g/mol. The Morgan fingerprint density at radius 2 is 2.06 bits per heavy atom. The van der Waals surface area contributed by atoms with E-state index in [1.54, 1.807) is 12.1 Å². The molecule has 0 unspecified atom stereocenters. The highest BCUT2D eigenvalue weighted by molar-refractivity contribution is 7.09. The minimum absolute atomic E-state index is 0.0902. The number of rotatable bonds is 5. The van der Waals surface area contributed by atoms with Crippen molar-refractivity contribution in [1.82, 2.24) is 4.98 Å². The van der Waals surface area contributed by atoms with Gasteiger partial charge in [-0.1, -0.05) is 0 Å². The fraction of sp³-hybridized carbons (Fsp3) is 0.286. The monoisotopic (exact) mass is 261 g/mol. The molecular weight excluding hydrogens is 246 g/mol. The van der Waals surface area contributed by atoms with Crippen LogP contribution in [0.25, 0.3) is 0 Å². The molecule has 4 heteroatoms. The Bertz CT molecular complexity index is 531. The van der Waals surface area contributed by atoms with Crippen LogP contribution in [-0.4, -0.2) is 17.4 Å². The van der Waals surface area contributed by atoms with Crippen molar-refractivity contribution in [3.05, 3.63) is 45.9 Å². The number of carbonyl (C=O) groups is 1. The molecule has 0 saturated carbocycles. The van der Waals surface area contributed by atoms with Gasteiger partial charge in [-0.05, 0) is 38.1 Å². The summed E-state index contributed by atoms with van der Waals surface area (Å²) in [7, 11) is 0. The van der Waals surface area contributed by atoms with Crippen molar-refractivity contribution >= 4 is 17.1 Å². The molecule has 0 aliphatic carbocycles. The fourth-order valence-corrected chi connectivity index (χ4v) is 2.40. The lowest BCUT2D eigenvalue weighted by molar-refractivity contribution is 0.0993. The van der Waals surface area contributed by atoms with Gasteiger partial charge in [0.1, 0.15) is 10.8 Å². The number of aromatic nitrogens is 1. The Balaban J connectivity index is 2.04. The Hall–Kier alpha value is -1.68. The normalized spacial score (nSPS) is 10.3. The van der Waals surface area contributed by atoms with Gasteiger partial charge in [0.25, 0.3) is 0 Å². The number of nitrogens with zero attached hydrogens (tertiary/aromatic N) is 1. The summed E-state index contributed by atoms with van der Waals surface area (Å²) in [6.45, 7) is 4.50. The SMILES string of the molecule is CCOc1ccc(C(=O)Cc2nc(C)cs2)cc1. The van der Waals surface area contributed by atoms with Crippen molar-refractivity contribution in [2.75, 3.05) is 6.61 Å². The zero-order chi connectivity index (χ0) is 13.0. The summed E-state index contributed by atoms with van der Waals surface area (Å²) in [4.78, 5) is 16.3. The highest BCUT2D eigenvalue weighted by Gasteiger charge is 2.09. The Morgan fingerprint density at radius 1 is 1.33 bits per heavy atom. The second-order valence-corrected chi connectivity index (χ2v) is 4.88. The molecule has 1 aromatic heterocycles. The van der Waals surface area contributed by atoms with Crippen molar-refractivity contribution in [1.29, 1.82) is 0 Å². The lowest BCUT2D eigenvalue weighted by atomic mass is 10.1. The van der Waals surface area contributed by atoms with Crippen LogP contribution >= 0.6 is 11.3 Å². The van der Waals surface area contributed by atoms with Crippen LogP contribution in [0.2, 0.25) is 0 Å². The van der Waals surface area contributed by atoms with E-state index < -0.39 is 0 Å². The van der Waals surface area contributed by atoms with E-state index in [4.69, 9.17) is 4.74 Å². The van der Waals surface area contributed by atoms with E-state index in [-0.39, 0.29) is 5.78 Å². The lowest BCUT2D eigenvalue weighted by Gasteiger charge is -2.03. The van der Waals surface area contributed by atoms with E-state index >= 15 is 0 Å². The number of ketones is 1. The number of carbonyl (C=O) groups excluding carboxylic acids is 1. The number of thiazole rings is 1. The molecule has 0 N–H and O–H groups in total. The molecule has 1 heterocycles. The summed E-state index contributed by atoms with van der Waals surface area (Å²) in [6.07, 6.45) is 0.368. The van der Waals surface area contributed by atoms with Crippen molar-refractivity contribution in [2.45, 2.75) is 20.3 Å². The zero-order valence-corrected chi connectivity index (χ0v) is 11.3. The molecule has 0 bridgehead atoms. The maximum Gasteiger partial charge on any atom is 0.169 e. The summed E-state index contributed by atoms with van der Waals surface area (Å²) in [5, 5.41) is 2.83. The van der Waals surface area contributed by atoms with E-state index in [1.165, 1.54) is 11.3 Å². The van der Waals surface area contributed by atoms with Crippen molar-refractivity contribution in [3.8, 4) is 5.75 Å². The average Bonchev–Trinajstić information content (AvgIpc) is 2.76. The Morgan fingerprint density at radius 3 is 2.61 bits per heavy atom. The molecule has 0 radical (unpaired) electrons. The van der Waals surface area contributed by atoms with Crippen LogP contribution in [0.5, 0.6) is 5.75 Å². The first-order chi connectivity index (χ1) is 8.69. The van der Waals surface area contributed by atoms with Gasteiger partial charge in [-0.2, -0.15) is 0 Å². The van der Waals surface area contributed by atoms with Crippen LogP contribution in [0.4, 0.5) is 0 Å². The van der Waals surface area contributed by atoms with Gasteiger partial charge in [-0.25, -0.2) is 4.98 Å². The molecule has 0 aliphatic heterocycles. The molecule has 2 aromatic rings. The van der Waals surface area contributed by atoms with Crippen LogP contribution in [0, 0.1) is 6.92 Å². The maximum atomic E-state index is 12.0. The summed E-state index contributed by atoms with van der Waals surface area (Å²) in [5.74, 6) is 0.881. The first-order valence-electron chi connectivity index (χ1n) is 5.86. The highest BCUT2D eigenvalue weighted by atomic mass is 32.1. The third-order valence-corrected chi connectivity index (χ3v) is 3.43. The molecule has 2 rings (SSSR count).